The summed E-state index contributed by atoms with van der Waals surface area (Å²) < 4.78 is 13.0. The molecule has 0 aliphatic carbocycles. The zero-order valence-electron chi connectivity index (χ0n) is 13.6. The zero-order valence-corrected chi connectivity index (χ0v) is 13.6. The first-order valence-corrected chi connectivity index (χ1v) is 8.53. The molecule has 2 aliphatic rings. The smallest absolute Gasteiger partial charge is 0.226 e. The van der Waals surface area contributed by atoms with Gasteiger partial charge in [0.2, 0.25) is 11.8 Å². The van der Waals surface area contributed by atoms with Crippen LogP contribution in [0.4, 0.5) is 4.39 Å². The predicted octanol–water partition coefficient (Wildman–Crippen LogP) is 1.62. The first kappa shape index (κ1) is 16.9. The van der Waals surface area contributed by atoms with E-state index in [1.54, 1.807) is 12.1 Å². The van der Waals surface area contributed by atoms with Crippen LogP contribution in [0.5, 0.6) is 0 Å². The van der Waals surface area contributed by atoms with Crippen LogP contribution in [-0.4, -0.2) is 41.5 Å². The van der Waals surface area contributed by atoms with Crippen molar-refractivity contribution in [2.75, 3.05) is 19.6 Å². The highest BCUT2D eigenvalue weighted by Gasteiger charge is 2.33. The van der Waals surface area contributed by atoms with E-state index in [1.165, 1.54) is 12.1 Å². The minimum atomic E-state index is -0.636. The highest BCUT2D eigenvalue weighted by atomic mass is 19.1. The predicted molar refractivity (Wildman–Crippen MR) is 86.4 cm³/mol. The SMILES string of the molecule is O=C1CC(C(=O)N2CCC(C(O)c3ccc(F)cc3)CC2)CCN1. The van der Waals surface area contributed by atoms with Gasteiger partial charge < -0.3 is 15.3 Å². The molecule has 2 atom stereocenters. The first-order valence-electron chi connectivity index (χ1n) is 8.53. The average Bonchev–Trinajstić information content (AvgIpc) is 2.61. The monoisotopic (exact) mass is 334 g/mol. The Morgan fingerprint density at radius 1 is 1.21 bits per heavy atom. The molecular weight excluding hydrogens is 311 g/mol. The maximum atomic E-state index is 13.0. The van der Waals surface area contributed by atoms with Gasteiger partial charge in [0.15, 0.2) is 0 Å². The molecule has 2 heterocycles. The topological polar surface area (TPSA) is 69.6 Å². The molecule has 0 aromatic heterocycles. The number of aliphatic hydroxyl groups excluding tert-OH is 1. The van der Waals surface area contributed by atoms with Gasteiger partial charge in [0, 0.05) is 32.0 Å². The quantitative estimate of drug-likeness (QED) is 0.883. The van der Waals surface area contributed by atoms with Gasteiger partial charge in [0.1, 0.15) is 5.82 Å². The van der Waals surface area contributed by atoms with Gasteiger partial charge in [-0.1, -0.05) is 12.1 Å². The highest BCUT2D eigenvalue weighted by Crippen LogP contribution is 2.31. The Balaban J connectivity index is 1.54. The summed E-state index contributed by atoms with van der Waals surface area (Å²) in [5.41, 5.74) is 0.713. The second-order valence-corrected chi connectivity index (χ2v) is 6.70. The number of aliphatic hydroxyl groups is 1. The number of carbonyl (C=O) groups is 2. The van der Waals surface area contributed by atoms with Crippen LogP contribution in [0.1, 0.15) is 37.4 Å². The Hall–Kier alpha value is -1.95. The molecule has 24 heavy (non-hydrogen) atoms. The normalized spacial score (nSPS) is 23.7. The molecule has 0 bridgehead atoms. The van der Waals surface area contributed by atoms with E-state index in [2.05, 4.69) is 5.32 Å². The molecule has 5 nitrogen and oxygen atoms in total. The van der Waals surface area contributed by atoms with E-state index >= 15 is 0 Å². The van der Waals surface area contributed by atoms with E-state index in [-0.39, 0.29) is 35.9 Å². The number of nitrogens with zero attached hydrogens (tertiary/aromatic N) is 1. The lowest BCUT2D eigenvalue weighted by molar-refractivity contribution is -0.141. The molecule has 2 fully saturated rings. The standard InChI is InChI=1S/C18H23FN2O3/c19-15-3-1-12(2-4-15)17(23)13-6-9-21(10-7-13)18(24)14-5-8-20-16(22)11-14/h1-4,13-14,17,23H,5-11H2,(H,20,22). The number of halogens is 1. The van der Waals surface area contributed by atoms with Crippen LogP contribution in [0.3, 0.4) is 0 Å². The van der Waals surface area contributed by atoms with Crippen molar-refractivity contribution in [2.45, 2.75) is 31.8 Å². The number of nitrogens with one attached hydrogen (secondary N) is 1. The second-order valence-electron chi connectivity index (χ2n) is 6.70. The number of hydrogen-bond acceptors (Lipinski definition) is 3. The van der Waals surface area contributed by atoms with Gasteiger partial charge >= 0.3 is 0 Å². The number of benzene rings is 1. The lowest BCUT2D eigenvalue weighted by atomic mass is 9.86. The summed E-state index contributed by atoms with van der Waals surface area (Å²) in [7, 11) is 0. The van der Waals surface area contributed by atoms with Gasteiger partial charge in [-0.05, 0) is 42.9 Å². The lowest BCUT2D eigenvalue weighted by Crippen LogP contribution is -2.46. The molecule has 2 amide bonds. The number of amides is 2. The van der Waals surface area contributed by atoms with Crippen molar-refractivity contribution in [3.8, 4) is 0 Å². The molecule has 0 spiro atoms. The van der Waals surface area contributed by atoms with Gasteiger partial charge in [-0.25, -0.2) is 4.39 Å². The Kier molecular flexibility index (Phi) is 5.14. The van der Waals surface area contributed by atoms with E-state index in [0.717, 1.165) is 0 Å². The number of likely N-dealkylation sites (tertiary alicyclic amines) is 1. The summed E-state index contributed by atoms with van der Waals surface area (Å²) >= 11 is 0. The van der Waals surface area contributed by atoms with Gasteiger partial charge in [-0.15, -0.1) is 0 Å². The van der Waals surface area contributed by atoms with Crippen molar-refractivity contribution in [3.63, 3.8) is 0 Å². The fourth-order valence-electron chi connectivity index (χ4n) is 3.62. The van der Waals surface area contributed by atoms with E-state index < -0.39 is 6.10 Å². The summed E-state index contributed by atoms with van der Waals surface area (Å²) in [6.07, 6.45) is 1.76. The summed E-state index contributed by atoms with van der Waals surface area (Å²) in [6.45, 7) is 1.76. The minimum absolute atomic E-state index is 0.0544. The van der Waals surface area contributed by atoms with Gasteiger partial charge in [0.05, 0.1) is 6.10 Å². The molecule has 3 rings (SSSR count). The summed E-state index contributed by atoms with van der Waals surface area (Å²) in [5, 5.41) is 13.2. The van der Waals surface area contributed by atoms with Crippen molar-refractivity contribution >= 4 is 11.8 Å². The van der Waals surface area contributed by atoms with Crippen LogP contribution in [0, 0.1) is 17.7 Å². The van der Waals surface area contributed by atoms with Gasteiger partial charge in [-0.2, -0.15) is 0 Å². The summed E-state index contributed by atoms with van der Waals surface area (Å²) in [5.74, 6) is -0.463. The van der Waals surface area contributed by atoms with E-state index in [0.29, 0.717) is 44.5 Å². The van der Waals surface area contributed by atoms with E-state index in [1.807, 2.05) is 4.90 Å². The van der Waals surface area contributed by atoms with Crippen molar-refractivity contribution in [1.29, 1.82) is 0 Å². The molecule has 2 unspecified atom stereocenters. The van der Waals surface area contributed by atoms with Crippen LogP contribution in [0.15, 0.2) is 24.3 Å². The fraction of sp³-hybridized carbons (Fsp3) is 0.556. The molecule has 1 aromatic rings. The first-order chi connectivity index (χ1) is 11.5. The number of rotatable bonds is 3. The van der Waals surface area contributed by atoms with Crippen molar-refractivity contribution in [1.82, 2.24) is 10.2 Å². The third kappa shape index (κ3) is 3.75. The minimum Gasteiger partial charge on any atom is -0.388 e. The largest absolute Gasteiger partial charge is 0.388 e. The van der Waals surface area contributed by atoms with Crippen LogP contribution >= 0.6 is 0 Å². The molecule has 0 saturated carbocycles. The third-order valence-electron chi connectivity index (χ3n) is 5.11. The van der Waals surface area contributed by atoms with Crippen molar-refractivity contribution < 1.29 is 19.1 Å². The molecule has 6 heteroatoms. The van der Waals surface area contributed by atoms with Gasteiger partial charge in [0.25, 0.3) is 0 Å². The molecule has 2 saturated heterocycles. The Bertz CT molecular complexity index is 597. The Morgan fingerprint density at radius 2 is 1.88 bits per heavy atom. The maximum absolute atomic E-state index is 13.0. The second kappa shape index (κ2) is 7.30. The molecule has 1 aromatic carbocycles. The van der Waals surface area contributed by atoms with Crippen LogP contribution in [0.2, 0.25) is 0 Å². The van der Waals surface area contributed by atoms with Crippen LogP contribution in [0.25, 0.3) is 0 Å². The maximum Gasteiger partial charge on any atom is 0.226 e. The highest BCUT2D eigenvalue weighted by molar-refractivity contribution is 5.86. The third-order valence-corrected chi connectivity index (χ3v) is 5.11. The number of piperidine rings is 2. The van der Waals surface area contributed by atoms with E-state index in [9.17, 15) is 19.1 Å². The molecule has 130 valence electrons. The lowest BCUT2D eigenvalue weighted by Gasteiger charge is -2.36. The molecular formula is C18H23FN2O3. The Labute approximate surface area is 140 Å². The van der Waals surface area contributed by atoms with Crippen molar-refractivity contribution in [3.05, 3.63) is 35.6 Å². The zero-order chi connectivity index (χ0) is 17.1. The summed E-state index contributed by atoms with van der Waals surface area (Å²) in [6, 6.07) is 5.92. The summed E-state index contributed by atoms with van der Waals surface area (Å²) in [4.78, 5) is 25.8. The van der Waals surface area contributed by atoms with E-state index in [4.69, 9.17) is 0 Å². The van der Waals surface area contributed by atoms with Crippen LogP contribution in [-0.2, 0) is 9.59 Å². The average molecular weight is 334 g/mol. The molecule has 2 aliphatic heterocycles. The van der Waals surface area contributed by atoms with Crippen LogP contribution < -0.4 is 5.32 Å². The van der Waals surface area contributed by atoms with Gasteiger partial charge in [-0.3, -0.25) is 9.59 Å². The fourth-order valence-corrected chi connectivity index (χ4v) is 3.62. The molecule has 0 radical (unpaired) electrons. The number of carbonyl (C=O) groups excluding carboxylic acids is 2. The molecule has 2 N–H and O–H groups in total. The number of hydrogen-bond donors (Lipinski definition) is 2. The van der Waals surface area contributed by atoms with Crippen molar-refractivity contribution in [2.24, 2.45) is 11.8 Å². The Morgan fingerprint density at radius 3 is 2.50 bits per heavy atom.